The molecule has 5 heteroatoms. The van der Waals surface area contributed by atoms with E-state index in [0.717, 1.165) is 0 Å². The maximum atomic E-state index is 6.62. The van der Waals surface area contributed by atoms with Gasteiger partial charge >= 0.3 is 0 Å². The molecule has 2 N–H and O–H groups in total. The van der Waals surface area contributed by atoms with Gasteiger partial charge in [-0.25, -0.2) is 10.5 Å². The van der Waals surface area contributed by atoms with E-state index < -0.39 is 0 Å². The second kappa shape index (κ2) is 19.1. The first-order valence-electron chi connectivity index (χ1n) is 0.365. The summed E-state index contributed by atoms with van der Waals surface area (Å²) in [6.07, 6.45) is 0. The molecule has 0 saturated carbocycles. The van der Waals surface area contributed by atoms with Crippen molar-refractivity contribution in [3.05, 3.63) is 0 Å². The van der Waals surface area contributed by atoms with E-state index in [1.165, 1.54) is 0 Å². The van der Waals surface area contributed by atoms with Crippen molar-refractivity contribution in [2.45, 2.75) is 0 Å². The highest BCUT2D eigenvalue weighted by Gasteiger charge is 1.27. The minimum absolute atomic E-state index is 0. The Labute approximate surface area is 56.1 Å². The Balaban J connectivity index is -0.0000000200. The summed E-state index contributed by atoms with van der Waals surface area (Å²) in [5.41, 5.74) is 0. The van der Waals surface area contributed by atoms with E-state index in [-0.39, 0.29) is 40.4 Å². The van der Waals surface area contributed by atoms with Gasteiger partial charge in [0, 0.05) is 40.4 Å². The highest BCUT2D eigenvalue weighted by Crippen LogP contribution is 1.24. The molecule has 5 heavy (non-hydrogen) atoms. The Kier molecular flexibility index (Phi) is 62.5. The van der Waals surface area contributed by atoms with Crippen LogP contribution in [0.5, 0.6) is 0 Å². The minimum Gasteiger partial charge on any atom is -0.221 e. The van der Waals surface area contributed by atoms with Gasteiger partial charge in [-0.1, -0.05) is 5.04 Å². The lowest BCUT2D eigenvalue weighted by Crippen LogP contribution is -1.60. The summed E-state index contributed by atoms with van der Waals surface area (Å²) in [7, 11) is 0. The molecule has 0 spiro atoms. The van der Waals surface area contributed by atoms with Crippen LogP contribution in [0.25, 0.3) is 0 Å². The molecule has 0 atom stereocenters. The van der Waals surface area contributed by atoms with Crippen LogP contribution in [-0.2, 0) is 5.04 Å². The molecule has 0 aliphatic rings. The molecule has 0 aliphatic heterocycles. The monoisotopic (exact) mass is 101 g/mol. The lowest BCUT2D eigenvalue weighted by molar-refractivity contribution is -0.465. The molecule has 5 radical (unpaired) electrons. The minimum atomic E-state index is 0. The van der Waals surface area contributed by atoms with Crippen LogP contribution in [0.3, 0.4) is 0 Å². The Morgan fingerprint density at radius 1 is 1.20 bits per heavy atom. The lowest BCUT2D eigenvalue weighted by Gasteiger charge is -1.56. The van der Waals surface area contributed by atoms with Crippen molar-refractivity contribution in [3.8, 4) is 0 Å². The molecule has 0 saturated heterocycles. The van der Waals surface area contributed by atoms with Crippen molar-refractivity contribution < 1.29 is 15.6 Å². The summed E-state index contributed by atoms with van der Waals surface area (Å²) in [4.78, 5) is 0. The van der Waals surface area contributed by atoms with Crippen LogP contribution < -0.4 is 0 Å². The summed E-state index contributed by atoms with van der Waals surface area (Å²) in [6, 6.07) is 0. The van der Waals surface area contributed by atoms with E-state index in [4.69, 9.17) is 10.5 Å². The first-order valence-corrected chi connectivity index (χ1v) is 0.365. The molecule has 25 valence electrons. The van der Waals surface area contributed by atoms with Crippen LogP contribution in [-0.4, -0.2) is 50.9 Å². The molecule has 0 bridgehead atoms. The molecule has 0 aromatic carbocycles. The predicted octanol–water partition coefficient (Wildman–Crippen LogP) is -0.813. The molecule has 0 aliphatic carbocycles. The number of rotatable bonds is 0. The fourth-order valence-electron chi connectivity index (χ4n) is 0. The normalized spacial score (nSPS) is 3.60. The van der Waals surface area contributed by atoms with Crippen LogP contribution in [0, 0.1) is 0 Å². The van der Waals surface area contributed by atoms with Gasteiger partial charge in [-0.3, -0.25) is 0 Å². The largest absolute Gasteiger partial charge is 0.221 e. The van der Waals surface area contributed by atoms with E-state index >= 15 is 0 Å². The third-order valence-electron chi connectivity index (χ3n) is 0. The smallest absolute Gasteiger partial charge is 0 e. The second-order valence-electron chi connectivity index (χ2n) is 0.0816. The molecule has 0 rings (SSSR count). The maximum absolute atomic E-state index is 6.62. The van der Waals surface area contributed by atoms with Gasteiger partial charge in [0.25, 0.3) is 0 Å². The third-order valence-corrected chi connectivity index (χ3v) is 0. The Hall–Kier alpha value is 1.18. The highest BCUT2D eigenvalue weighted by atomic mass is 27.0. The van der Waals surface area contributed by atoms with Crippen LogP contribution in [0.1, 0.15) is 0 Å². The number of hydrogen-bond acceptors (Lipinski definition) is 3. The first-order chi connectivity index (χ1) is 1.41. The van der Waals surface area contributed by atoms with E-state index in [1.54, 1.807) is 0 Å². The van der Waals surface area contributed by atoms with Crippen molar-refractivity contribution in [2.24, 2.45) is 0 Å². The van der Waals surface area contributed by atoms with E-state index in [1.807, 2.05) is 0 Å². The standard InChI is InChI=1S/Al.Mg.H2O3/c;;1-3-2/h;;1-2H. The van der Waals surface area contributed by atoms with Crippen molar-refractivity contribution in [1.29, 1.82) is 0 Å². The van der Waals surface area contributed by atoms with E-state index in [0.29, 0.717) is 0 Å². The second-order valence-corrected chi connectivity index (χ2v) is 0.0816. The van der Waals surface area contributed by atoms with Gasteiger partial charge in [-0.15, -0.1) is 0 Å². The van der Waals surface area contributed by atoms with Gasteiger partial charge in [-0.05, 0) is 0 Å². The van der Waals surface area contributed by atoms with Gasteiger partial charge in [0.05, 0.1) is 0 Å². The molecular weight excluding hydrogens is 99.3 g/mol. The third kappa shape index (κ3) is 37.7. The van der Waals surface area contributed by atoms with E-state index in [2.05, 4.69) is 5.04 Å². The Bertz CT molecular complexity index is 6.85. The van der Waals surface area contributed by atoms with Crippen molar-refractivity contribution in [1.82, 2.24) is 0 Å². The summed E-state index contributed by atoms with van der Waals surface area (Å²) in [5, 5.41) is 15.5. The molecule has 0 fully saturated rings. The Morgan fingerprint density at radius 2 is 1.20 bits per heavy atom. The average Bonchev–Trinajstić information content (AvgIpc) is 0.918. The van der Waals surface area contributed by atoms with Crippen LogP contribution in [0.4, 0.5) is 0 Å². The van der Waals surface area contributed by atoms with Crippen LogP contribution in [0.15, 0.2) is 0 Å². The van der Waals surface area contributed by atoms with Crippen LogP contribution in [0.2, 0.25) is 0 Å². The van der Waals surface area contributed by atoms with Gasteiger partial charge in [0.15, 0.2) is 0 Å². The zero-order chi connectivity index (χ0) is 2.71. The summed E-state index contributed by atoms with van der Waals surface area (Å²) >= 11 is 0. The first kappa shape index (κ1) is 16.4. The predicted molar refractivity (Wildman–Crippen MR) is 17.9 cm³/mol. The fourth-order valence-corrected chi connectivity index (χ4v) is 0. The highest BCUT2D eigenvalue weighted by molar-refractivity contribution is 5.76. The summed E-state index contributed by atoms with van der Waals surface area (Å²) < 4.78 is 0. The molecule has 0 unspecified atom stereocenters. The molecule has 0 heterocycles. The Morgan fingerprint density at radius 3 is 1.20 bits per heavy atom. The van der Waals surface area contributed by atoms with Crippen molar-refractivity contribution >= 4 is 40.4 Å². The molecule has 0 amide bonds. The van der Waals surface area contributed by atoms with Crippen molar-refractivity contribution in [3.63, 3.8) is 0 Å². The van der Waals surface area contributed by atoms with E-state index in [9.17, 15) is 0 Å². The van der Waals surface area contributed by atoms with Crippen LogP contribution >= 0.6 is 0 Å². The fraction of sp³-hybridized carbons (Fsp3) is 0. The molecule has 3 nitrogen and oxygen atoms in total. The maximum Gasteiger partial charge on any atom is 0 e. The zero-order valence-corrected chi connectivity index (χ0v) is 5.16. The topological polar surface area (TPSA) is 49.7 Å². The zero-order valence-electron chi connectivity index (χ0n) is 2.59. The lowest BCUT2D eigenvalue weighted by atomic mass is 14.6. The quantitative estimate of drug-likeness (QED) is 0.238. The molecular formula is H2AlMgO3. The molecule has 0 aromatic heterocycles. The number of hydrogen-bond donors (Lipinski definition) is 2. The van der Waals surface area contributed by atoms with Crippen molar-refractivity contribution in [2.75, 3.05) is 0 Å². The summed E-state index contributed by atoms with van der Waals surface area (Å²) in [5.74, 6) is 0. The van der Waals surface area contributed by atoms with Gasteiger partial charge in [-0.2, -0.15) is 0 Å². The average molecular weight is 101 g/mol. The SMILES string of the molecule is OOO.[Al].[Mg]. The molecule has 0 aromatic rings. The van der Waals surface area contributed by atoms with Gasteiger partial charge in [0.2, 0.25) is 0 Å². The summed E-state index contributed by atoms with van der Waals surface area (Å²) in [6.45, 7) is 0. The van der Waals surface area contributed by atoms with Gasteiger partial charge < -0.3 is 0 Å². The van der Waals surface area contributed by atoms with Gasteiger partial charge in [0.1, 0.15) is 0 Å².